The Morgan fingerprint density at radius 2 is 2.00 bits per heavy atom. The van der Waals surface area contributed by atoms with Gasteiger partial charge in [0, 0.05) is 28.8 Å². The first-order chi connectivity index (χ1) is 10.2. The van der Waals surface area contributed by atoms with Crippen molar-refractivity contribution in [2.75, 3.05) is 12.4 Å². The number of methoxy groups -OCH3 is 1. The standard InChI is InChI=1S/C16H15BrN2O2/c1-21-15-6-11(4-13(17)7-15)16(20)19-14-3-2-10-8-18-9-12(10)5-14/h2-7,18H,8-9H2,1H3,(H,19,20). The molecule has 0 fully saturated rings. The monoisotopic (exact) mass is 346 g/mol. The summed E-state index contributed by atoms with van der Waals surface area (Å²) in [6, 6.07) is 11.3. The van der Waals surface area contributed by atoms with E-state index in [1.807, 2.05) is 24.3 Å². The minimum atomic E-state index is -0.152. The second-order valence-electron chi connectivity index (χ2n) is 4.92. The molecule has 4 nitrogen and oxygen atoms in total. The minimum Gasteiger partial charge on any atom is -0.497 e. The Morgan fingerprint density at radius 1 is 1.19 bits per heavy atom. The van der Waals surface area contributed by atoms with E-state index in [4.69, 9.17) is 4.74 Å². The van der Waals surface area contributed by atoms with Crippen LogP contribution in [0, 0.1) is 0 Å². The Kier molecular flexibility index (Phi) is 3.94. The van der Waals surface area contributed by atoms with Gasteiger partial charge in [-0.25, -0.2) is 0 Å². The summed E-state index contributed by atoms with van der Waals surface area (Å²) >= 11 is 3.38. The summed E-state index contributed by atoms with van der Waals surface area (Å²) in [5, 5.41) is 6.21. The SMILES string of the molecule is COc1cc(Br)cc(C(=O)Nc2ccc3c(c2)CNC3)c1. The van der Waals surface area contributed by atoms with Crippen LogP contribution in [0.15, 0.2) is 40.9 Å². The Balaban J connectivity index is 1.81. The molecule has 1 heterocycles. The summed E-state index contributed by atoms with van der Waals surface area (Å²) in [5.74, 6) is 0.494. The Bertz CT molecular complexity index is 701. The highest BCUT2D eigenvalue weighted by atomic mass is 79.9. The van der Waals surface area contributed by atoms with E-state index in [1.165, 1.54) is 11.1 Å². The van der Waals surface area contributed by atoms with Gasteiger partial charge >= 0.3 is 0 Å². The van der Waals surface area contributed by atoms with Crippen LogP contribution in [0.4, 0.5) is 5.69 Å². The zero-order valence-electron chi connectivity index (χ0n) is 11.6. The highest BCUT2D eigenvalue weighted by Crippen LogP contribution is 2.23. The average Bonchev–Trinajstić information content (AvgIpc) is 2.94. The van der Waals surface area contributed by atoms with E-state index in [2.05, 4.69) is 26.6 Å². The van der Waals surface area contributed by atoms with Crippen LogP contribution < -0.4 is 15.4 Å². The molecule has 0 spiro atoms. The van der Waals surface area contributed by atoms with Gasteiger partial charge in [-0.15, -0.1) is 0 Å². The van der Waals surface area contributed by atoms with Gasteiger partial charge in [0.2, 0.25) is 0 Å². The third-order valence-corrected chi connectivity index (χ3v) is 3.92. The van der Waals surface area contributed by atoms with Crippen molar-refractivity contribution in [2.24, 2.45) is 0 Å². The lowest BCUT2D eigenvalue weighted by Gasteiger charge is -2.09. The smallest absolute Gasteiger partial charge is 0.255 e. The number of rotatable bonds is 3. The number of carbonyl (C=O) groups excluding carboxylic acids is 1. The summed E-state index contributed by atoms with van der Waals surface area (Å²) in [7, 11) is 1.58. The molecule has 5 heteroatoms. The van der Waals surface area contributed by atoms with E-state index in [9.17, 15) is 4.79 Å². The highest BCUT2D eigenvalue weighted by Gasteiger charge is 2.13. The number of hydrogen-bond acceptors (Lipinski definition) is 3. The number of carbonyl (C=O) groups is 1. The summed E-state index contributed by atoms with van der Waals surface area (Å²) in [6.07, 6.45) is 0. The van der Waals surface area contributed by atoms with Crippen molar-refractivity contribution in [3.05, 3.63) is 57.6 Å². The molecule has 1 amide bonds. The van der Waals surface area contributed by atoms with Gasteiger partial charge in [0.1, 0.15) is 5.75 Å². The maximum atomic E-state index is 12.3. The van der Waals surface area contributed by atoms with Gasteiger partial charge in [-0.1, -0.05) is 22.0 Å². The fourth-order valence-electron chi connectivity index (χ4n) is 2.39. The van der Waals surface area contributed by atoms with Crippen LogP contribution in [0.25, 0.3) is 0 Å². The largest absolute Gasteiger partial charge is 0.497 e. The molecular weight excluding hydrogens is 332 g/mol. The summed E-state index contributed by atoms with van der Waals surface area (Å²) in [6.45, 7) is 1.75. The molecule has 0 bridgehead atoms. The molecule has 0 aliphatic carbocycles. The number of anilines is 1. The van der Waals surface area contributed by atoms with Gasteiger partial charge < -0.3 is 15.4 Å². The highest BCUT2D eigenvalue weighted by molar-refractivity contribution is 9.10. The average molecular weight is 347 g/mol. The van der Waals surface area contributed by atoms with Gasteiger partial charge in [-0.2, -0.15) is 0 Å². The van der Waals surface area contributed by atoms with E-state index >= 15 is 0 Å². The lowest BCUT2D eigenvalue weighted by atomic mass is 10.1. The fourth-order valence-corrected chi connectivity index (χ4v) is 2.86. The Morgan fingerprint density at radius 3 is 2.81 bits per heavy atom. The molecule has 0 saturated carbocycles. The number of halogens is 1. The van der Waals surface area contributed by atoms with Crippen LogP contribution >= 0.6 is 15.9 Å². The third-order valence-electron chi connectivity index (χ3n) is 3.46. The van der Waals surface area contributed by atoms with Crippen molar-refractivity contribution in [1.82, 2.24) is 5.32 Å². The number of fused-ring (bicyclic) bond motifs is 1. The molecule has 0 unspecified atom stereocenters. The van der Waals surface area contributed by atoms with Gasteiger partial charge in [0.05, 0.1) is 7.11 Å². The van der Waals surface area contributed by atoms with Crippen LogP contribution in [0.5, 0.6) is 5.75 Å². The molecule has 2 aromatic rings. The van der Waals surface area contributed by atoms with E-state index in [0.717, 1.165) is 23.2 Å². The molecule has 0 saturated heterocycles. The first-order valence-electron chi connectivity index (χ1n) is 6.64. The lowest BCUT2D eigenvalue weighted by molar-refractivity contribution is 0.102. The fraction of sp³-hybridized carbons (Fsp3) is 0.188. The van der Waals surface area contributed by atoms with Crippen molar-refractivity contribution >= 4 is 27.5 Å². The van der Waals surface area contributed by atoms with Crippen molar-refractivity contribution < 1.29 is 9.53 Å². The molecular formula is C16H15BrN2O2. The van der Waals surface area contributed by atoms with Crippen LogP contribution in [0.1, 0.15) is 21.5 Å². The summed E-state index contributed by atoms with van der Waals surface area (Å²) in [5.41, 5.74) is 3.89. The van der Waals surface area contributed by atoms with Crippen LogP contribution in [-0.2, 0) is 13.1 Å². The predicted molar refractivity (Wildman–Crippen MR) is 85.6 cm³/mol. The number of nitrogens with one attached hydrogen (secondary N) is 2. The maximum absolute atomic E-state index is 12.3. The summed E-state index contributed by atoms with van der Waals surface area (Å²) < 4.78 is 5.99. The maximum Gasteiger partial charge on any atom is 0.255 e. The Labute approximate surface area is 131 Å². The zero-order chi connectivity index (χ0) is 14.8. The second kappa shape index (κ2) is 5.87. The van der Waals surface area contributed by atoms with E-state index in [-0.39, 0.29) is 5.91 Å². The molecule has 0 radical (unpaired) electrons. The molecule has 2 N–H and O–H groups in total. The molecule has 0 atom stereocenters. The first kappa shape index (κ1) is 14.1. The van der Waals surface area contributed by atoms with Crippen molar-refractivity contribution in [1.29, 1.82) is 0 Å². The van der Waals surface area contributed by atoms with Gasteiger partial charge in [0.15, 0.2) is 0 Å². The normalized spacial score (nSPS) is 12.9. The molecule has 1 aliphatic heterocycles. The zero-order valence-corrected chi connectivity index (χ0v) is 13.2. The molecule has 3 rings (SSSR count). The van der Waals surface area contributed by atoms with E-state index in [0.29, 0.717) is 11.3 Å². The first-order valence-corrected chi connectivity index (χ1v) is 7.43. The molecule has 21 heavy (non-hydrogen) atoms. The van der Waals surface area contributed by atoms with Crippen molar-refractivity contribution in [2.45, 2.75) is 13.1 Å². The second-order valence-corrected chi connectivity index (χ2v) is 5.84. The quantitative estimate of drug-likeness (QED) is 0.896. The number of amides is 1. The van der Waals surface area contributed by atoms with Gasteiger partial charge in [0.25, 0.3) is 5.91 Å². The summed E-state index contributed by atoms with van der Waals surface area (Å²) in [4.78, 5) is 12.3. The minimum absolute atomic E-state index is 0.152. The predicted octanol–water partition coefficient (Wildman–Crippen LogP) is 3.31. The number of ether oxygens (including phenoxy) is 1. The number of benzene rings is 2. The Hall–Kier alpha value is -1.85. The van der Waals surface area contributed by atoms with E-state index in [1.54, 1.807) is 19.2 Å². The van der Waals surface area contributed by atoms with Crippen LogP contribution in [-0.4, -0.2) is 13.0 Å². The molecule has 1 aliphatic rings. The third kappa shape index (κ3) is 3.09. The topological polar surface area (TPSA) is 50.4 Å². The molecule has 0 aromatic heterocycles. The van der Waals surface area contributed by atoms with Gasteiger partial charge in [-0.05, 0) is 41.5 Å². The lowest BCUT2D eigenvalue weighted by Crippen LogP contribution is -2.12. The van der Waals surface area contributed by atoms with Crippen LogP contribution in [0.2, 0.25) is 0 Å². The number of hydrogen-bond donors (Lipinski definition) is 2. The van der Waals surface area contributed by atoms with Crippen LogP contribution in [0.3, 0.4) is 0 Å². The molecule has 108 valence electrons. The molecule has 2 aromatic carbocycles. The van der Waals surface area contributed by atoms with Crippen molar-refractivity contribution in [3.63, 3.8) is 0 Å². The van der Waals surface area contributed by atoms with Gasteiger partial charge in [-0.3, -0.25) is 4.79 Å². The van der Waals surface area contributed by atoms with Crippen molar-refractivity contribution in [3.8, 4) is 5.75 Å². The van der Waals surface area contributed by atoms with E-state index < -0.39 is 0 Å².